The minimum absolute atomic E-state index is 0.0364. The van der Waals surface area contributed by atoms with E-state index in [2.05, 4.69) is 5.32 Å². The highest BCUT2D eigenvalue weighted by Crippen LogP contribution is 2.29. The van der Waals surface area contributed by atoms with Crippen LogP contribution in [0.3, 0.4) is 0 Å². The van der Waals surface area contributed by atoms with E-state index in [1.165, 1.54) is 13.8 Å². The standard InChI is InChI=1S/C17H24FNO/c1-11(2)15(12(3)20)16(19-6)13-8-7-9-14(10-13)17(4,5)18/h7-11,19H,1-6H3/b16-15-. The first kappa shape index (κ1) is 16.4. The molecule has 0 radical (unpaired) electrons. The third-order valence-corrected chi connectivity index (χ3v) is 3.31. The van der Waals surface area contributed by atoms with Crippen LogP contribution in [0.2, 0.25) is 0 Å². The van der Waals surface area contributed by atoms with Crippen LogP contribution < -0.4 is 5.32 Å². The van der Waals surface area contributed by atoms with Crippen LogP contribution in [0.5, 0.6) is 0 Å². The fourth-order valence-corrected chi connectivity index (χ4v) is 2.35. The second-order valence-electron chi connectivity index (χ2n) is 5.80. The van der Waals surface area contributed by atoms with Crippen molar-refractivity contribution in [1.82, 2.24) is 5.32 Å². The Hall–Kier alpha value is -1.64. The number of benzene rings is 1. The van der Waals surface area contributed by atoms with Crippen molar-refractivity contribution in [2.45, 2.75) is 40.3 Å². The molecule has 0 unspecified atom stereocenters. The van der Waals surface area contributed by atoms with E-state index in [1.54, 1.807) is 26.1 Å². The van der Waals surface area contributed by atoms with Gasteiger partial charge in [-0.05, 0) is 43.9 Å². The molecule has 1 aromatic carbocycles. The van der Waals surface area contributed by atoms with E-state index in [4.69, 9.17) is 0 Å². The summed E-state index contributed by atoms with van der Waals surface area (Å²) in [4.78, 5) is 11.9. The molecule has 2 nitrogen and oxygen atoms in total. The minimum atomic E-state index is -1.40. The van der Waals surface area contributed by atoms with E-state index in [0.717, 1.165) is 16.8 Å². The molecule has 0 bridgehead atoms. The van der Waals surface area contributed by atoms with E-state index in [1.807, 2.05) is 26.0 Å². The SMILES string of the molecule is CN/C(=C(\C(C)=O)C(C)C)c1cccc(C(C)(C)F)c1. The number of allylic oxidation sites excluding steroid dienone is 1. The zero-order chi connectivity index (χ0) is 15.5. The molecule has 0 saturated carbocycles. The lowest BCUT2D eigenvalue weighted by atomic mass is 9.91. The van der Waals surface area contributed by atoms with Crippen LogP contribution in [0.25, 0.3) is 5.70 Å². The van der Waals surface area contributed by atoms with Gasteiger partial charge < -0.3 is 5.32 Å². The fraction of sp³-hybridized carbons (Fsp3) is 0.471. The Morgan fingerprint density at radius 1 is 1.30 bits per heavy atom. The van der Waals surface area contributed by atoms with Gasteiger partial charge in [-0.25, -0.2) is 4.39 Å². The minimum Gasteiger partial charge on any atom is -0.387 e. The number of alkyl halides is 1. The maximum absolute atomic E-state index is 14.1. The molecule has 0 spiro atoms. The Morgan fingerprint density at radius 3 is 2.30 bits per heavy atom. The molecule has 0 aromatic heterocycles. The van der Waals surface area contributed by atoms with Gasteiger partial charge in [0.2, 0.25) is 0 Å². The largest absolute Gasteiger partial charge is 0.387 e. The Morgan fingerprint density at radius 2 is 1.90 bits per heavy atom. The summed E-state index contributed by atoms with van der Waals surface area (Å²) in [6.07, 6.45) is 0. The first-order valence-corrected chi connectivity index (χ1v) is 6.91. The van der Waals surface area contributed by atoms with Crippen molar-refractivity contribution in [3.8, 4) is 0 Å². The van der Waals surface area contributed by atoms with Gasteiger partial charge in [0.15, 0.2) is 5.78 Å². The number of rotatable bonds is 5. The van der Waals surface area contributed by atoms with Gasteiger partial charge in [0.1, 0.15) is 5.67 Å². The van der Waals surface area contributed by atoms with Gasteiger partial charge in [0.25, 0.3) is 0 Å². The summed E-state index contributed by atoms with van der Waals surface area (Å²) in [6.45, 7) is 8.59. The molecule has 1 rings (SSSR count). The molecule has 0 fully saturated rings. The van der Waals surface area contributed by atoms with Crippen LogP contribution in [0.1, 0.15) is 45.7 Å². The number of carbonyl (C=O) groups excluding carboxylic acids is 1. The third-order valence-electron chi connectivity index (χ3n) is 3.31. The molecule has 0 aliphatic carbocycles. The molecule has 1 aromatic rings. The average Bonchev–Trinajstić information content (AvgIpc) is 2.33. The molecule has 0 heterocycles. The summed E-state index contributed by atoms with van der Waals surface area (Å²) in [5.41, 5.74) is 1.56. The lowest BCUT2D eigenvalue weighted by Crippen LogP contribution is -2.17. The van der Waals surface area contributed by atoms with Crippen LogP contribution in [-0.4, -0.2) is 12.8 Å². The smallest absolute Gasteiger partial charge is 0.158 e. The lowest BCUT2D eigenvalue weighted by Gasteiger charge is -2.19. The van der Waals surface area contributed by atoms with Crippen LogP contribution in [0.4, 0.5) is 4.39 Å². The quantitative estimate of drug-likeness (QED) is 0.822. The Balaban J connectivity index is 3.46. The molecule has 0 saturated heterocycles. The van der Waals surface area contributed by atoms with Crippen molar-refractivity contribution in [2.75, 3.05) is 7.05 Å². The molecule has 0 amide bonds. The molecular weight excluding hydrogens is 253 g/mol. The van der Waals surface area contributed by atoms with Crippen molar-refractivity contribution in [2.24, 2.45) is 5.92 Å². The number of nitrogens with one attached hydrogen (secondary N) is 1. The zero-order valence-corrected chi connectivity index (χ0v) is 13.2. The summed E-state index contributed by atoms with van der Waals surface area (Å²) in [6, 6.07) is 7.28. The number of carbonyl (C=O) groups is 1. The maximum Gasteiger partial charge on any atom is 0.158 e. The van der Waals surface area contributed by atoms with Crippen molar-refractivity contribution in [3.05, 3.63) is 41.0 Å². The van der Waals surface area contributed by atoms with E-state index >= 15 is 0 Å². The first-order valence-electron chi connectivity index (χ1n) is 6.91. The van der Waals surface area contributed by atoms with Crippen molar-refractivity contribution < 1.29 is 9.18 Å². The molecular formula is C17H24FNO. The Kier molecular flexibility index (Phi) is 5.09. The van der Waals surface area contributed by atoms with Crippen molar-refractivity contribution in [3.63, 3.8) is 0 Å². The van der Waals surface area contributed by atoms with Crippen LogP contribution in [-0.2, 0) is 10.5 Å². The van der Waals surface area contributed by atoms with Gasteiger partial charge in [-0.2, -0.15) is 0 Å². The summed E-state index contributed by atoms with van der Waals surface area (Å²) in [7, 11) is 1.79. The number of ketones is 1. The van der Waals surface area contributed by atoms with Gasteiger partial charge in [-0.3, -0.25) is 4.79 Å². The summed E-state index contributed by atoms with van der Waals surface area (Å²) < 4.78 is 14.1. The van der Waals surface area contributed by atoms with E-state index in [-0.39, 0.29) is 11.7 Å². The highest BCUT2D eigenvalue weighted by molar-refractivity contribution is 6.01. The van der Waals surface area contributed by atoms with Gasteiger partial charge >= 0.3 is 0 Å². The van der Waals surface area contributed by atoms with E-state index in [0.29, 0.717) is 5.56 Å². The zero-order valence-electron chi connectivity index (χ0n) is 13.2. The van der Waals surface area contributed by atoms with E-state index < -0.39 is 5.67 Å². The molecule has 0 atom stereocenters. The third kappa shape index (κ3) is 3.69. The summed E-state index contributed by atoms with van der Waals surface area (Å²) >= 11 is 0. The molecule has 1 N–H and O–H groups in total. The maximum atomic E-state index is 14.1. The Labute approximate surface area is 121 Å². The molecule has 0 aliphatic heterocycles. The molecule has 20 heavy (non-hydrogen) atoms. The predicted molar refractivity (Wildman–Crippen MR) is 82.1 cm³/mol. The molecule has 3 heteroatoms. The lowest BCUT2D eigenvalue weighted by molar-refractivity contribution is -0.114. The molecule has 0 aliphatic rings. The highest BCUT2D eigenvalue weighted by Gasteiger charge is 2.21. The van der Waals surface area contributed by atoms with Gasteiger partial charge in [-0.15, -0.1) is 0 Å². The second-order valence-corrected chi connectivity index (χ2v) is 5.80. The van der Waals surface area contributed by atoms with Gasteiger partial charge in [0, 0.05) is 18.3 Å². The molecule has 110 valence electrons. The van der Waals surface area contributed by atoms with Gasteiger partial charge in [-0.1, -0.05) is 32.0 Å². The topological polar surface area (TPSA) is 29.1 Å². The monoisotopic (exact) mass is 277 g/mol. The number of halogens is 1. The van der Waals surface area contributed by atoms with Crippen molar-refractivity contribution >= 4 is 11.5 Å². The highest BCUT2D eigenvalue weighted by atomic mass is 19.1. The Bertz CT molecular complexity index is 524. The van der Waals surface area contributed by atoms with Crippen LogP contribution >= 0.6 is 0 Å². The first-order chi connectivity index (χ1) is 9.18. The summed E-state index contributed by atoms with van der Waals surface area (Å²) in [5.74, 6) is 0.145. The summed E-state index contributed by atoms with van der Waals surface area (Å²) in [5, 5.41) is 3.10. The van der Waals surface area contributed by atoms with Crippen molar-refractivity contribution in [1.29, 1.82) is 0 Å². The number of hydrogen-bond donors (Lipinski definition) is 1. The number of hydrogen-bond acceptors (Lipinski definition) is 2. The van der Waals surface area contributed by atoms with E-state index in [9.17, 15) is 9.18 Å². The average molecular weight is 277 g/mol. The van der Waals surface area contributed by atoms with Gasteiger partial charge in [0.05, 0.1) is 0 Å². The predicted octanol–water partition coefficient (Wildman–Crippen LogP) is 4.07. The van der Waals surface area contributed by atoms with Crippen LogP contribution in [0.15, 0.2) is 29.8 Å². The number of Topliss-reactive ketones (excluding diaryl/α,β-unsaturated/α-hetero) is 1. The van der Waals surface area contributed by atoms with Crippen LogP contribution in [0, 0.1) is 5.92 Å². The second kappa shape index (κ2) is 6.21. The fourth-order valence-electron chi connectivity index (χ4n) is 2.35. The normalized spacial score (nSPS) is 13.2.